The summed E-state index contributed by atoms with van der Waals surface area (Å²) in [5.74, 6) is -0.488. The summed E-state index contributed by atoms with van der Waals surface area (Å²) in [6.45, 7) is 4.02. The molecule has 1 heterocycles. The van der Waals surface area contributed by atoms with Crippen molar-refractivity contribution in [1.29, 1.82) is 0 Å². The number of anilines is 2. The number of thiophene rings is 1. The van der Waals surface area contributed by atoms with Crippen LogP contribution in [0.4, 0.5) is 10.7 Å². The number of esters is 1. The van der Waals surface area contributed by atoms with E-state index in [2.05, 4.69) is 34.9 Å². The molecule has 2 unspecified atom stereocenters. The number of benzene rings is 4. The Balaban J connectivity index is 1.26. The van der Waals surface area contributed by atoms with Crippen LogP contribution in [0.5, 0.6) is 0 Å². The van der Waals surface area contributed by atoms with Crippen molar-refractivity contribution in [2.45, 2.75) is 49.2 Å². The summed E-state index contributed by atoms with van der Waals surface area (Å²) in [6, 6.07) is 34.9. The number of amides is 2. The van der Waals surface area contributed by atoms with E-state index in [0.29, 0.717) is 27.7 Å². The highest BCUT2D eigenvalue weighted by molar-refractivity contribution is 8.00. The summed E-state index contributed by atoms with van der Waals surface area (Å²) in [5.41, 5.74) is 5.86. The maximum atomic E-state index is 14.2. The normalized spacial score (nSPS) is 14.5. The van der Waals surface area contributed by atoms with Crippen LogP contribution in [0.1, 0.15) is 72.4 Å². The first-order chi connectivity index (χ1) is 22.9. The Morgan fingerprint density at radius 1 is 0.894 bits per heavy atom. The number of fused-ring (bicyclic) bond motifs is 1. The minimum atomic E-state index is -0.620. The molecule has 1 aliphatic rings. The minimum Gasteiger partial charge on any atom is -0.462 e. The SMILES string of the molecule is CCOC(=O)c1c(NC(=O)C(Sc2cccc(NC(=O)c3ccc(C)cc3)c2)c2ccccc2)sc2c1CCC(c1ccccc1)C2. The highest BCUT2D eigenvalue weighted by Crippen LogP contribution is 2.44. The molecule has 8 heteroatoms. The number of thioether (sulfide) groups is 1. The zero-order chi connectivity index (χ0) is 32.8. The van der Waals surface area contributed by atoms with E-state index < -0.39 is 11.2 Å². The molecule has 238 valence electrons. The van der Waals surface area contributed by atoms with Gasteiger partial charge in [0.25, 0.3) is 5.91 Å². The van der Waals surface area contributed by atoms with Crippen LogP contribution in [0.25, 0.3) is 0 Å². The molecule has 0 bridgehead atoms. The standard InChI is InChI=1S/C39H36N2O4S2/c1-3-45-39(44)34-32-22-21-29(26-11-6-4-7-12-26)23-33(32)47-38(34)41-37(43)35(27-13-8-5-9-14-27)46-31-16-10-15-30(24-31)40-36(42)28-19-17-25(2)18-20-28/h4-20,24,29,35H,3,21-23H2,1-2H3,(H,40,42)(H,41,43). The summed E-state index contributed by atoms with van der Waals surface area (Å²) in [7, 11) is 0. The third-order valence-corrected chi connectivity index (χ3v) is 10.7. The highest BCUT2D eigenvalue weighted by Gasteiger charge is 2.32. The van der Waals surface area contributed by atoms with Gasteiger partial charge < -0.3 is 15.4 Å². The molecule has 0 saturated heterocycles. The predicted molar refractivity (Wildman–Crippen MR) is 191 cm³/mol. The number of aryl methyl sites for hydroxylation is 1. The van der Waals surface area contributed by atoms with E-state index in [4.69, 9.17) is 4.74 Å². The molecule has 0 radical (unpaired) electrons. The summed E-state index contributed by atoms with van der Waals surface area (Å²) in [4.78, 5) is 42.3. The van der Waals surface area contributed by atoms with Crippen molar-refractivity contribution in [2.75, 3.05) is 17.2 Å². The predicted octanol–water partition coefficient (Wildman–Crippen LogP) is 9.23. The molecule has 0 aliphatic heterocycles. The van der Waals surface area contributed by atoms with E-state index in [9.17, 15) is 14.4 Å². The van der Waals surface area contributed by atoms with Crippen LogP contribution in [0.2, 0.25) is 0 Å². The lowest BCUT2D eigenvalue weighted by molar-refractivity contribution is -0.115. The lowest BCUT2D eigenvalue weighted by Gasteiger charge is -2.23. The Morgan fingerprint density at radius 2 is 1.62 bits per heavy atom. The van der Waals surface area contributed by atoms with Crippen LogP contribution in [0.15, 0.2) is 114 Å². The second-order valence-corrected chi connectivity index (χ2v) is 13.8. The molecule has 5 aromatic rings. The quantitative estimate of drug-likeness (QED) is 0.115. The van der Waals surface area contributed by atoms with Crippen molar-refractivity contribution in [3.05, 3.63) is 147 Å². The minimum absolute atomic E-state index is 0.202. The van der Waals surface area contributed by atoms with Crippen molar-refractivity contribution in [1.82, 2.24) is 0 Å². The van der Waals surface area contributed by atoms with Crippen LogP contribution < -0.4 is 10.6 Å². The van der Waals surface area contributed by atoms with Crippen molar-refractivity contribution < 1.29 is 19.1 Å². The van der Waals surface area contributed by atoms with Crippen molar-refractivity contribution in [3.63, 3.8) is 0 Å². The number of hydrogen-bond donors (Lipinski definition) is 2. The third-order valence-electron chi connectivity index (χ3n) is 8.25. The lowest BCUT2D eigenvalue weighted by atomic mass is 9.83. The van der Waals surface area contributed by atoms with Gasteiger partial charge in [-0.3, -0.25) is 9.59 Å². The zero-order valence-corrected chi connectivity index (χ0v) is 28.0. The van der Waals surface area contributed by atoms with Gasteiger partial charge in [-0.05, 0) is 86.1 Å². The van der Waals surface area contributed by atoms with Gasteiger partial charge in [0.15, 0.2) is 0 Å². The second-order valence-electron chi connectivity index (χ2n) is 11.5. The van der Waals surface area contributed by atoms with Gasteiger partial charge in [0.1, 0.15) is 10.3 Å². The maximum absolute atomic E-state index is 14.2. The number of ether oxygens (including phenoxy) is 1. The summed E-state index contributed by atoms with van der Waals surface area (Å²) < 4.78 is 5.49. The van der Waals surface area contributed by atoms with Gasteiger partial charge in [0.2, 0.25) is 5.91 Å². The number of rotatable bonds is 10. The lowest BCUT2D eigenvalue weighted by Crippen LogP contribution is -2.20. The summed E-state index contributed by atoms with van der Waals surface area (Å²) in [5, 5.41) is 6.03. The molecule has 0 saturated carbocycles. The smallest absolute Gasteiger partial charge is 0.341 e. The van der Waals surface area contributed by atoms with Gasteiger partial charge >= 0.3 is 5.97 Å². The Labute approximate surface area is 283 Å². The molecule has 1 aliphatic carbocycles. The molecular weight excluding hydrogens is 625 g/mol. The largest absolute Gasteiger partial charge is 0.462 e. The average Bonchev–Trinajstić information content (AvgIpc) is 3.45. The number of carbonyl (C=O) groups excluding carboxylic acids is 3. The first-order valence-corrected chi connectivity index (χ1v) is 17.5. The van der Waals surface area contributed by atoms with Crippen molar-refractivity contribution >= 4 is 51.6 Å². The topological polar surface area (TPSA) is 84.5 Å². The van der Waals surface area contributed by atoms with E-state index in [1.807, 2.05) is 79.7 Å². The summed E-state index contributed by atoms with van der Waals surface area (Å²) in [6.07, 6.45) is 2.48. The molecule has 4 aromatic carbocycles. The van der Waals surface area contributed by atoms with Crippen LogP contribution in [0.3, 0.4) is 0 Å². The van der Waals surface area contributed by atoms with E-state index in [1.54, 1.807) is 19.1 Å². The molecule has 2 amide bonds. The fourth-order valence-electron chi connectivity index (χ4n) is 5.87. The third kappa shape index (κ3) is 7.67. The van der Waals surface area contributed by atoms with Gasteiger partial charge in [0.05, 0.1) is 12.2 Å². The second kappa shape index (κ2) is 14.8. The van der Waals surface area contributed by atoms with Gasteiger partial charge in [-0.15, -0.1) is 23.1 Å². The Morgan fingerprint density at radius 3 is 2.34 bits per heavy atom. The molecule has 6 rings (SSSR count). The maximum Gasteiger partial charge on any atom is 0.341 e. The Bertz CT molecular complexity index is 1870. The number of hydrogen-bond acceptors (Lipinski definition) is 6. The highest BCUT2D eigenvalue weighted by atomic mass is 32.2. The van der Waals surface area contributed by atoms with E-state index >= 15 is 0 Å². The van der Waals surface area contributed by atoms with Crippen molar-refractivity contribution in [3.8, 4) is 0 Å². The van der Waals surface area contributed by atoms with E-state index in [-0.39, 0.29) is 18.4 Å². The Kier molecular flexibility index (Phi) is 10.2. The van der Waals surface area contributed by atoms with E-state index in [0.717, 1.165) is 45.7 Å². The molecule has 2 atom stereocenters. The molecule has 47 heavy (non-hydrogen) atoms. The fourth-order valence-corrected chi connectivity index (χ4v) is 8.27. The first kappa shape index (κ1) is 32.3. The van der Waals surface area contributed by atoms with Gasteiger partial charge in [-0.1, -0.05) is 84.4 Å². The van der Waals surface area contributed by atoms with Crippen LogP contribution in [-0.2, 0) is 22.4 Å². The number of carbonyl (C=O) groups is 3. The zero-order valence-electron chi connectivity index (χ0n) is 26.3. The molecular formula is C39H36N2O4S2. The van der Waals surface area contributed by atoms with Gasteiger partial charge in [-0.25, -0.2) is 4.79 Å². The monoisotopic (exact) mass is 660 g/mol. The average molecular weight is 661 g/mol. The summed E-state index contributed by atoms with van der Waals surface area (Å²) >= 11 is 2.87. The molecule has 2 N–H and O–H groups in total. The molecule has 0 fully saturated rings. The van der Waals surface area contributed by atoms with Crippen LogP contribution >= 0.6 is 23.1 Å². The molecule has 0 spiro atoms. The van der Waals surface area contributed by atoms with Gasteiger partial charge in [0, 0.05) is 21.0 Å². The number of nitrogens with one attached hydrogen (secondary N) is 2. The fraction of sp³-hybridized carbons (Fsp3) is 0.205. The Hall–Kier alpha value is -4.66. The van der Waals surface area contributed by atoms with Crippen molar-refractivity contribution in [2.24, 2.45) is 0 Å². The van der Waals surface area contributed by atoms with Gasteiger partial charge in [-0.2, -0.15) is 0 Å². The van der Waals surface area contributed by atoms with Crippen LogP contribution in [0, 0.1) is 6.92 Å². The molecule has 1 aromatic heterocycles. The first-order valence-electron chi connectivity index (χ1n) is 15.8. The van der Waals surface area contributed by atoms with Crippen LogP contribution in [-0.4, -0.2) is 24.4 Å². The molecule has 6 nitrogen and oxygen atoms in total. The van der Waals surface area contributed by atoms with E-state index in [1.165, 1.54) is 28.7 Å².